The van der Waals surface area contributed by atoms with Crippen molar-refractivity contribution >= 4 is 28.4 Å². The number of aromatic amines is 1. The molecule has 0 bridgehead atoms. The molecule has 4 rings (SSSR count). The number of carboxylic acids is 1. The molecule has 0 saturated heterocycles. The van der Waals surface area contributed by atoms with Gasteiger partial charge in [0.05, 0.1) is 17.1 Å². The summed E-state index contributed by atoms with van der Waals surface area (Å²) in [6.45, 7) is 0. The summed E-state index contributed by atoms with van der Waals surface area (Å²) in [5.41, 5.74) is -0.605. The number of rotatable bonds is 3. The lowest BCUT2D eigenvalue weighted by molar-refractivity contribution is -0.145. The van der Waals surface area contributed by atoms with E-state index in [1.54, 1.807) is 24.3 Å². The van der Waals surface area contributed by atoms with E-state index in [0.717, 1.165) is 19.3 Å². The molecular formula is C18H18N4O4. The second-order valence-corrected chi connectivity index (χ2v) is 6.69. The van der Waals surface area contributed by atoms with Crippen LogP contribution in [0.15, 0.2) is 35.3 Å². The molecule has 0 spiro atoms. The molecule has 134 valence electrons. The lowest BCUT2D eigenvalue weighted by atomic mass is 9.81. The maximum atomic E-state index is 12.8. The summed E-state index contributed by atoms with van der Waals surface area (Å²) in [7, 11) is 0. The van der Waals surface area contributed by atoms with Gasteiger partial charge in [-0.2, -0.15) is 5.10 Å². The molecule has 1 aliphatic rings. The van der Waals surface area contributed by atoms with Crippen LogP contribution in [0.4, 0.5) is 0 Å². The number of benzene rings is 1. The standard InChI is InChI=1S/C18H18N4O4/c23-15-11-6-2-3-7-13(11)22-14(20-15)12(10-19-22)16(24)21-18(17(25)26)8-4-1-5-9-18/h2-3,6-7,10H,1,4-5,8-9H2,(H,20,23)(H,21,24)(H,25,26). The molecule has 2 aromatic heterocycles. The Morgan fingerprint density at radius 3 is 2.65 bits per heavy atom. The van der Waals surface area contributed by atoms with Gasteiger partial charge in [0, 0.05) is 0 Å². The summed E-state index contributed by atoms with van der Waals surface area (Å²) in [6.07, 6.45) is 4.61. The largest absolute Gasteiger partial charge is 0.480 e. The van der Waals surface area contributed by atoms with Gasteiger partial charge in [-0.3, -0.25) is 9.59 Å². The lowest BCUT2D eigenvalue weighted by Crippen LogP contribution is -2.55. The number of H-pyrrole nitrogens is 1. The Morgan fingerprint density at radius 2 is 1.92 bits per heavy atom. The molecule has 0 aliphatic heterocycles. The van der Waals surface area contributed by atoms with Crippen molar-refractivity contribution in [2.45, 2.75) is 37.6 Å². The van der Waals surface area contributed by atoms with Crippen LogP contribution in [0.5, 0.6) is 0 Å². The first kappa shape index (κ1) is 16.3. The first-order chi connectivity index (χ1) is 12.5. The van der Waals surface area contributed by atoms with Crippen LogP contribution in [0.1, 0.15) is 42.5 Å². The van der Waals surface area contributed by atoms with Crippen LogP contribution in [-0.4, -0.2) is 37.1 Å². The van der Waals surface area contributed by atoms with Gasteiger partial charge in [-0.15, -0.1) is 0 Å². The van der Waals surface area contributed by atoms with Gasteiger partial charge >= 0.3 is 5.97 Å². The van der Waals surface area contributed by atoms with Gasteiger partial charge in [-0.1, -0.05) is 31.4 Å². The molecule has 1 fully saturated rings. The molecule has 1 saturated carbocycles. The highest BCUT2D eigenvalue weighted by molar-refractivity contribution is 6.03. The predicted octanol–water partition coefficient (Wildman–Crippen LogP) is 1.69. The van der Waals surface area contributed by atoms with Gasteiger partial charge in [-0.25, -0.2) is 9.31 Å². The molecule has 1 amide bonds. The third kappa shape index (κ3) is 2.45. The molecule has 3 aromatic rings. The van der Waals surface area contributed by atoms with Crippen LogP contribution >= 0.6 is 0 Å². The van der Waals surface area contributed by atoms with Crippen molar-refractivity contribution in [3.8, 4) is 0 Å². The van der Waals surface area contributed by atoms with E-state index in [4.69, 9.17) is 0 Å². The van der Waals surface area contributed by atoms with Crippen LogP contribution in [0.2, 0.25) is 0 Å². The van der Waals surface area contributed by atoms with E-state index in [2.05, 4.69) is 15.4 Å². The van der Waals surface area contributed by atoms with E-state index in [1.807, 2.05) is 0 Å². The molecule has 26 heavy (non-hydrogen) atoms. The summed E-state index contributed by atoms with van der Waals surface area (Å²) >= 11 is 0. The van der Waals surface area contributed by atoms with E-state index in [9.17, 15) is 19.5 Å². The number of carboxylic acid groups (broad SMARTS) is 1. The molecule has 1 aliphatic carbocycles. The number of aliphatic carboxylic acids is 1. The molecule has 8 heteroatoms. The number of amides is 1. The van der Waals surface area contributed by atoms with Crippen LogP contribution in [-0.2, 0) is 4.79 Å². The minimum atomic E-state index is -1.26. The SMILES string of the molecule is O=C(NC1(C(=O)O)CCCCC1)c1cnn2c1[nH]c(=O)c1ccccc12. The number of fused-ring (bicyclic) bond motifs is 3. The van der Waals surface area contributed by atoms with Gasteiger partial charge in [-0.05, 0) is 25.0 Å². The zero-order chi connectivity index (χ0) is 18.3. The fraction of sp³-hybridized carbons (Fsp3) is 0.333. The summed E-state index contributed by atoms with van der Waals surface area (Å²) in [4.78, 5) is 39.6. The second-order valence-electron chi connectivity index (χ2n) is 6.69. The Balaban J connectivity index is 1.78. The number of carbonyl (C=O) groups excluding carboxylic acids is 1. The highest BCUT2D eigenvalue weighted by Gasteiger charge is 2.41. The first-order valence-electron chi connectivity index (χ1n) is 8.56. The van der Waals surface area contributed by atoms with E-state index >= 15 is 0 Å². The van der Waals surface area contributed by atoms with E-state index in [1.165, 1.54) is 10.7 Å². The number of carbonyl (C=O) groups is 2. The number of para-hydroxylation sites is 1. The van der Waals surface area contributed by atoms with Crippen molar-refractivity contribution < 1.29 is 14.7 Å². The van der Waals surface area contributed by atoms with Crippen LogP contribution in [0.25, 0.3) is 16.6 Å². The second kappa shape index (κ2) is 5.98. The molecular weight excluding hydrogens is 336 g/mol. The molecule has 0 radical (unpaired) electrons. The fourth-order valence-electron chi connectivity index (χ4n) is 3.68. The highest BCUT2D eigenvalue weighted by Crippen LogP contribution is 2.29. The van der Waals surface area contributed by atoms with Crippen LogP contribution in [0.3, 0.4) is 0 Å². The molecule has 3 N–H and O–H groups in total. The maximum absolute atomic E-state index is 12.8. The van der Waals surface area contributed by atoms with Crippen molar-refractivity contribution in [2.75, 3.05) is 0 Å². The Morgan fingerprint density at radius 1 is 1.19 bits per heavy atom. The van der Waals surface area contributed by atoms with Crippen LogP contribution in [0, 0.1) is 0 Å². The number of nitrogens with zero attached hydrogens (tertiary/aromatic N) is 2. The summed E-state index contributed by atoms with van der Waals surface area (Å²) in [5, 5.41) is 17.0. The number of nitrogens with one attached hydrogen (secondary N) is 2. The molecule has 0 atom stereocenters. The van der Waals surface area contributed by atoms with E-state index < -0.39 is 17.4 Å². The highest BCUT2D eigenvalue weighted by atomic mass is 16.4. The number of hydrogen-bond acceptors (Lipinski definition) is 4. The number of hydrogen-bond donors (Lipinski definition) is 3. The van der Waals surface area contributed by atoms with Gasteiger partial charge in [0.2, 0.25) is 0 Å². The van der Waals surface area contributed by atoms with Crippen LogP contribution < -0.4 is 10.9 Å². The van der Waals surface area contributed by atoms with Gasteiger partial charge in [0.15, 0.2) is 0 Å². The Labute approximate surface area is 147 Å². The zero-order valence-electron chi connectivity index (χ0n) is 14.0. The molecule has 2 heterocycles. The van der Waals surface area contributed by atoms with Gasteiger partial charge < -0.3 is 15.4 Å². The summed E-state index contributed by atoms with van der Waals surface area (Å²) in [6, 6.07) is 6.95. The molecule has 1 aromatic carbocycles. The first-order valence-corrected chi connectivity index (χ1v) is 8.56. The lowest BCUT2D eigenvalue weighted by Gasteiger charge is -2.33. The quantitative estimate of drug-likeness (QED) is 0.662. The Kier molecular flexibility index (Phi) is 3.75. The zero-order valence-corrected chi connectivity index (χ0v) is 14.0. The third-order valence-corrected chi connectivity index (χ3v) is 5.09. The fourth-order valence-corrected chi connectivity index (χ4v) is 3.68. The maximum Gasteiger partial charge on any atom is 0.329 e. The van der Waals surface area contributed by atoms with Crippen molar-refractivity contribution in [2.24, 2.45) is 0 Å². The number of aromatic nitrogens is 3. The predicted molar refractivity (Wildman–Crippen MR) is 94.2 cm³/mol. The smallest absolute Gasteiger partial charge is 0.329 e. The summed E-state index contributed by atoms with van der Waals surface area (Å²) in [5.74, 6) is -1.57. The minimum absolute atomic E-state index is 0.152. The minimum Gasteiger partial charge on any atom is -0.480 e. The Bertz CT molecular complexity index is 1080. The summed E-state index contributed by atoms with van der Waals surface area (Å²) < 4.78 is 1.49. The monoisotopic (exact) mass is 354 g/mol. The van der Waals surface area contributed by atoms with Crippen molar-refractivity contribution in [3.63, 3.8) is 0 Å². The normalized spacial score (nSPS) is 16.6. The van der Waals surface area contributed by atoms with E-state index in [0.29, 0.717) is 23.7 Å². The van der Waals surface area contributed by atoms with Crippen molar-refractivity contribution in [3.05, 3.63) is 46.4 Å². The van der Waals surface area contributed by atoms with E-state index in [-0.39, 0.29) is 16.8 Å². The average molecular weight is 354 g/mol. The molecule has 0 unspecified atom stereocenters. The van der Waals surface area contributed by atoms with Crippen molar-refractivity contribution in [1.29, 1.82) is 0 Å². The van der Waals surface area contributed by atoms with Gasteiger partial charge in [0.1, 0.15) is 16.7 Å². The average Bonchev–Trinajstić information content (AvgIpc) is 3.06. The van der Waals surface area contributed by atoms with Crippen molar-refractivity contribution in [1.82, 2.24) is 19.9 Å². The van der Waals surface area contributed by atoms with Gasteiger partial charge in [0.25, 0.3) is 11.5 Å². The Hall–Kier alpha value is -3.16. The third-order valence-electron chi connectivity index (χ3n) is 5.09. The molecule has 8 nitrogen and oxygen atoms in total. The topological polar surface area (TPSA) is 117 Å².